The second-order valence-electron chi connectivity index (χ2n) is 9.76. The number of ether oxygens (including phenoxy) is 1. The molecule has 1 aromatic carbocycles. The molecule has 0 saturated carbocycles. The first-order valence-corrected chi connectivity index (χ1v) is 12.7. The number of carbonyl (C=O) groups is 4. The van der Waals surface area contributed by atoms with E-state index in [2.05, 4.69) is 16.6 Å². The van der Waals surface area contributed by atoms with Crippen LogP contribution in [-0.2, 0) is 28.8 Å². The van der Waals surface area contributed by atoms with E-state index in [4.69, 9.17) is 30.0 Å². The summed E-state index contributed by atoms with van der Waals surface area (Å²) in [6.07, 6.45) is 1.99. The molecule has 4 N–H and O–H groups in total. The number of carboxylic acids is 3. The minimum absolute atomic E-state index is 0.179. The maximum Gasteiger partial charge on any atom is 0.336 e. The fourth-order valence-corrected chi connectivity index (χ4v) is 4.81. The van der Waals surface area contributed by atoms with Gasteiger partial charge in [-0.15, -0.1) is 6.58 Å². The minimum atomic E-state index is -2.74. The largest absolute Gasteiger partial charge is 0.481 e. The zero-order valence-corrected chi connectivity index (χ0v) is 22.3. The Morgan fingerprint density at radius 3 is 2.42 bits per heavy atom. The molecule has 2 aliphatic heterocycles. The van der Waals surface area contributed by atoms with Crippen molar-refractivity contribution in [1.29, 1.82) is 0 Å². The van der Waals surface area contributed by atoms with Gasteiger partial charge in [0.15, 0.2) is 5.60 Å². The topological polar surface area (TPSA) is 183 Å². The molecule has 12 nitrogen and oxygen atoms in total. The van der Waals surface area contributed by atoms with Crippen molar-refractivity contribution in [1.82, 2.24) is 4.90 Å². The number of nitrogens with zero attached hydrogens (tertiary/aromatic N) is 2. The van der Waals surface area contributed by atoms with Crippen LogP contribution in [0.15, 0.2) is 42.1 Å². The molecule has 1 saturated heterocycles. The number of esters is 1. The average molecular weight is 567 g/mol. The number of carboxylic acid groups (broad SMARTS) is 3. The van der Waals surface area contributed by atoms with Gasteiger partial charge in [-0.05, 0) is 32.4 Å². The van der Waals surface area contributed by atoms with Gasteiger partial charge in [0.25, 0.3) is 0 Å². The maximum absolute atomic E-state index is 14.0. The van der Waals surface area contributed by atoms with Gasteiger partial charge in [-0.25, -0.2) is 9.18 Å². The number of hydrogen-bond acceptors (Lipinski definition) is 9. The number of benzene rings is 1. The van der Waals surface area contributed by atoms with Crippen LogP contribution in [-0.4, -0.2) is 92.9 Å². The molecule has 3 rings (SSSR count). The summed E-state index contributed by atoms with van der Waals surface area (Å²) in [5.74, 6) is -5.51. The highest BCUT2D eigenvalue weighted by molar-refractivity contribution is 6.01. The summed E-state index contributed by atoms with van der Waals surface area (Å²) in [7, 11) is 0. The van der Waals surface area contributed by atoms with Gasteiger partial charge in [-0.2, -0.15) is 0 Å². The molecule has 1 aromatic rings. The van der Waals surface area contributed by atoms with Gasteiger partial charge < -0.3 is 30.0 Å². The van der Waals surface area contributed by atoms with Crippen molar-refractivity contribution in [3.05, 3.63) is 48.3 Å². The van der Waals surface area contributed by atoms with Crippen LogP contribution in [0.2, 0.25) is 0 Å². The summed E-state index contributed by atoms with van der Waals surface area (Å²) in [6.45, 7) is 8.27. The van der Waals surface area contributed by atoms with Crippen molar-refractivity contribution in [2.24, 2.45) is 10.6 Å². The van der Waals surface area contributed by atoms with Crippen LogP contribution >= 0.6 is 0 Å². The summed E-state index contributed by atoms with van der Waals surface area (Å²) in [6, 6.07) is 6.55. The first kappa shape index (κ1) is 32.4. The maximum atomic E-state index is 14.0. The summed E-state index contributed by atoms with van der Waals surface area (Å²) >= 11 is 0. The number of carbonyl (C=O) groups excluding carboxylic acids is 1. The highest BCUT2D eigenvalue weighted by atomic mass is 19.1. The normalized spacial score (nSPS) is 20.8. The second kappa shape index (κ2) is 14.5. The Kier molecular flexibility index (Phi) is 11.7. The molecule has 0 amide bonds. The standard InChI is InChI=1S/C21H27FN2O3.C6H8O7/c1-3-11-24-12-7-10-21(15-24,20(25)26-4-2)14-16-13-19(23-27-16)17-8-5-6-9-18(17)22;7-3(8)1-6(13,5(11)12)2-4(9)10/h3,5-6,8-9,16H,1,4,7,10-15H2,2H3;13H,1-2H2,(H,7,8)(H,9,10)(H,11,12). The number of rotatable bonds is 12. The van der Waals surface area contributed by atoms with E-state index in [0.29, 0.717) is 37.3 Å². The molecule has 40 heavy (non-hydrogen) atoms. The molecule has 220 valence electrons. The van der Waals surface area contributed by atoms with E-state index in [1.54, 1.807) is 18.2 Å². The first-order valence-electron chi connectivity index (χ1n) is 12.7. The van der Waals surface area contributed by atoms with Crippen molar-refractivity contribution in [2.45, 2.75) is 57.2 Å². The van der Waals surface area contributed by atoms with Crippen LogP contribution in [0.5, 0.6) is 0 Å². The van der Waals surface area contributed by atoms with Crippen LogP contribution in [0.25, 0.3) is 0 Å². The van der Waals surface area contributed by atoms with E-state index in [0.717, 1.165) is 25.9 Å². The third-order valence-electron chi connectivity index (χ3n) is 6.57. The number of halogens is 1. The van der Waals surface area contributed by atoms with Crippen LogP contribution in [0.3, 0.4) is 0 Å². The predicted octanol–water partition coefficient (Wildman–Crippen LogP) is 2.29. The predicted molar refractivity (Wildman–Crippen MR) is 139 cm³/mol. The molecule has 0 aromatic heterocycles. The lowest BCUT2D eigenvalue weighted by molar-refractivity contribution is -0.170. The lowest BCUT2D eigenvalue weighted by Crippen LogP contribution is -2.50. The highest BCUT2D eigenvalue weighted by Gasteiger charge is 2.46. The third kappa shape index (κ3) is 8.85. The Morgan fingerprint density at radius 1 is 1.23 bits per heavy atom. The third-order valence-corrected chi connectivity index (χ3v) is 6.57. The lowest BCUT2D eigenvalue weighted by Gasteiger charge is -2.41. The summed E-state index contributed by atoms with van der Waals surface area (Å²) in [4.78, 5) is 51.1. The van der Waals surface area contributed by atoms with E-state index >= 15 is 0 Å². The van der Waals surface area contributed by atoms with E-state index in [9.17, 15) is 23.6 Å². The van der Waals surface area contributed by atoms with E-state index in [1.165, 1.54) is 6.07 Å². The van der Waals surface area contributed by atoms with Gasteiger partial charge in [0.05, 0.1) is 30.6 Å². The quantitative estimate of drug-likeness (QED) is 0.215. The highest BCUT2D eigenvalue weighted by Crippen LogP contribution is 2.39. The van der Waals surface area contributed by atoms with Crippen LogP contribution in [0.4, 0.5) is 4.39 Å². The molecule has 0 aliphatic carbocycles. The number of aliphatic hydroxyl groups is 1. The minimum Gasteiger partial charge on any atom is -0.481 e. The summed E-state index contributed by atoms with van der Waals surface area (Å²) < 4.78 is 19.4. The molecule has 0 bridgehead atoms. The number of likely N-dealkylation sites (tertiary alicyclic amines) is 1. The van der Waals surface area contributed by atoms with Gasteiger partial charge in [0.2, 0.25) is 0 Å². The Balaban J connectivity index is 0.000000366. The molecule has 2 unspecified atom stereocenters. The first-order chi connectivity index (χ1) is 18.9. The summed E-state index contributed by atoms with van der Waals surface area (Å²) in [5, 5.41) is 37.9. The zero-order valence-electron chi connectivity index (χ0n) is 22.3. The van der Waals surface area contributed by atoms with Crippen LogP contribution < -0.4 is 0 Å². The Hall–Kier alpha value is -3.84. The number of piperidine rings is 1. The van der Waals surface area contributed by atoms with Gasteiger partial charge >= 0.3 is 23.9 Å². The molecule has 2 heterocycles. The van der Waals surface area contributed by atoms with E-state index < -0.39 is 41.8 Å². The monoisotopic (exact) mass is 566 g/mol. The molecule has 2 aliphatic rings. The van der Waals surface area contributed by atoms with Crippen LogP contribution in [0, 0.1) is 11.2 Å². The van der Waals surface area contributed by atoms with Gasteiger partial charge in [0.1, 0.15) is 11.9 Å². The van der Waals surface area contributed by atoms with Gasteiger partial charge in [0, 0.05) is 31.5 Å². The Bertz CT molecular complexity index is 1110. The van der Waals surface area contributed by atoms with E-state index in [1.807, 2.05) is 13.0 Å². The van der Waals surface area contributed by atoms with E-state index in [-0.39, 0.29) is 17.9 Å². The lowest BCUT2D eigenvalue weighted by atomic mass is 9.74. The molecule has 0 radical (unpaired) electrons. The van der Waals surface area contributed by atoms with Crippen molar-refractivity contribution in [3.63, 3.8) is 0 Å². The second-order valence-corrected chi connectivity index (χ2v) is 9.76. The molecular weight excluding hydrogens is 531 g/mol. The zero-order chi connectivity index (χ0) is 29.9. The fourth-order valence-electron chi connectivity index (χ4n) is 4.81. The van der Waals surface area contributed by atoms with Gasteiger partial charge in [-0.3, -0.25) is 19.3 Å². The Labute approximate surface area is 230 Å². The number of oxime groups is 1. The molecule has 2 atom stereocenters. The number of hydrogen-bond donors (Lipinski definition) is 4. The molecule has 13 heteroatoms. The molecule has 1 fully saturated rings. The van der Waals surface area contributed by atoms with Crippen LogP contribution in [0.1, 0.15) is 51.0 Å². The SMILES string of the molecule is C=CCN1CCCC(CC2CC(c3ccccc3F)=NO2)(C(=O)OCC)C1.O=C(O)CC(O)(CC(=O)O)C(=O)O. The molecular formula is C27H35FN2O10. The smallest absolute Gasteiger partial charge is 0.336 e. The number of aliphatic carboxylic acids is 3. The van der Waals surface area contributed by atoms with Crippen molar-refractivity contribution in [3.8, 4) is 0 Å². The van der Waals surface area contributed by atoms with Crippen molar-refractivity contribution < 1.29 is 53.6 Å². The van der Waals surface area contributed by atoms with Gasteiger partial charge in [-0.1, -0.05) is 29.4 Å². The van der Waals surface area contributed by atoms with Crippen molar-refractivity contribution >= 4 is 29.6 Å². The summed E-state index contributed by atoms with van der Waals surface area (Å²) in [5.41, 5.74) is -2.31. The molecule has 0 spiro atoms. The van der Waals surface area contributed by atoms with Crippen molar-refractivity contribution in [2.75, 3.05) is 26.2 Å². The fraction of sp³-hybridized carbons (Fsp3) is 0.519. The Morgan fingerprint density at radius 2 is 1.88 bits per heavy atom. The average Bonchev–Trinajstić information content (AvgIpc) is 3.32.